The Balaban J connectivity index is 1.18. The molecule has 1 fully saturated rings. The van der Waals surface area contributed by atoms with E-state index < -0.39 is 41.0 Å². The standard InChI is InChI=1S/C37H41ClN10O7/c1-36(2,3)55-34(53)37(44-33(52)32(51)41-28-20-23(38)11-14-29(28)48-21-39-45-46-48)31(26-6-4-5-7-27(26)43-37)42-30(50)15-10-22-8-12-24(13-9-22)40-35(54)47-18-16-25(49)17-19-47/h4-9,11-14,20-21,25,31,43,49H,10,15-19H2,1-3H3,(H,40,54)(H,41,51)(H,42,50)(H,44,52). The number of urea groups is 1. The molecule has 3 aromatic carbocycles. The van der Waals surface area contributed by atoms with Crippen molar-refractivity contribution >= 4 is 58.4 Å². The van der Waals surface area contributed by atoms with Crippen molar-refractivity contribution in [2.24, 2.45) is 0 Å². The van der Waals surface area contributed by atoms with Crippen molar-refractivity contribution in [1.29, 1.82) is 0 Å². The number of anilines is 3. The van der Waals surface area contributed by atoms with Crippen LogP contribution in [0.1, 0.15) is 57.2 Å². The molecule has 4 aromatic rings. The Kier molecular flexibility index (Phi) is 11.3. The monoisotopic (exact) mass is 772 g/mol. The predicted octanol–water partition coefficient (Wildman–Crippen LogP) is 3.31. The van der Waals surface area contributed by atoms with Gasteiger partial charge in [0.15, 0.2) is 0 Å². The Morgan fingerprint density at radius 2 is 1.71 bits per heavy atom. The number of tetrazole rings is 1. The zero-order chi connectivity index (χ0) is 39.3. The van der Waals surface area contributed by atoms with Gasteiger partial charge in [-0.25, -0.2) is 9.59 Å². The van der Waals surface area contributed by atoms with E-state index in [1.807, 2.05) is 0 Å². The molecule has 6 rings (SSSR count). The Morgan fingerprint density at radius 1 is 0.982 bits per heavy atom. The molecule has 0 aliphatic carbocycles. The van der Waals surface area contributed by atoms with Crippen LogP contribution in [0.5, 0.6) is 0 Å². The number of halogens is 1. The summed E-state index contributed by atoms with van der Waals surface area (Å²) in [6, 6.07) is 16.9. The van der Waals surface area contributed by atoms with Crippen LogP contribution in [0.4, 0.5) is 21.9 Å². The molecule has 2 unspecified atom stereocenters. The number of carbonyl (C=O) groups is 5. The molecule has 18 heteroatoms. The van der Waals surface area contributed by atoms with E-state index in [1.165, 1.54) is 17.1 Å². The lowest BCUT2D eigenvalue weighted by molar-refractivity contribution is -0.164. The number of aryl methyl sites for hydroxylation is 1. The van der Waals surface area contributed by atoms with Gasteiger partial charge in [0, 0.05) is 41.5 Å². The van der Waals surface area contributed by atoms with Crippen LogP contribution in [0, 0.1) is 0 Å². The lowest BCUT2D eigenvalue weighted by atomic mass is 9.96. The van der Waals surface area contributed by atoms with Gasteiger partial charge >= 0.3 is 23.8 Å². The van der Waals surface area contributed by atoms with E-state index in [1.54, 1.807) is 86.3 Å². The predicted molar refractivity (Wildman–Crippen MR) is 201 cm³/mol. The van der Waals surface area contributed by atoms with Crippen molar-refractivity contribution in [1.82, 2.24) is 35.7 Å². The number of likely N-dealkylation sites (tertiary alicyclic amines) is 1. The highest BCUT2D eigenvalue weighted by molar-refractivity contribution is 6.40. The van der Waals surface area contributed by atoms with Crippen LogP contribution in [0.15, 0.2) is 73.1 Å². The van der Waals surface area contributed by atoms with Gasteiger partial charge in [-0.2, -0.15) is 4.68 Å². The molecule has 2 aliphatic heterocycles. The molecular weight excluding hydrogens is 732 g/mol. The number of piperidine rings is 1. The summed E-state index contributed by atoms with van der Waals surface area (Å²) >= 11 is 6.20. The lowest BCUT2D eigenvalue weighted by Gasteiger charge is -2.36. The van der Waals surface area contributed by atoms with E-state index >= 15 is 0 Å². The Bertz CT molecular complexity index is 2060. The molecule has 5 amide bonds. The number of para-hydroxylation sites is 1. The second-order valence-corrected chi connectivity index (χ2v) is 14.6. The zero-order valence-corrected chi connectivity index (χ0v) is 31.1. The van der Waals surface area contributed by atoms with Crippen molar-refractivity contribution in [3.8, 4) is 5.69 Å². The number of benzene rings is 3. The van der Waals surface area contributed by atoms with E-state index in [-0.39, 0.29) is 29.3 Å². The average molecular weight is 773 g/mol. The second-order valence-electron chi connectivity index (χ2n) is 14.2. The number of ether oxygens (including phenoxy) is 1. The summed E-state index contributed by atoms with van der Waals surface area (Å²) in [5.41, 5.74) is -0.461. The molecule has 0 saturated carbocycles. The third-order valence-electron chi connectivity index (χ3n) is 8.98. The number of amides is 5. The van der Waals surface area contributed by atoms with Crippen molar-refractivity contribution in [2.45, 2.75) is 69.9 Å². The van der Waals surface area contributed by atoms with Gasteiger partial charge in [-0.15, -0.1) is 5.10 Å². The van der Waals surface area contributed by atoms with Crippen molar-refractivity contribution in [3.63, 3.8) is 0 Å². The van der Waals surface area contributed by atoms with Crippen LogP contribution in [0.25, 0.3) is 5.69 Å². The fourth-order valence-electron chi connectivity index (χ4n) is 6.26. The van der Waals surface area contributed by atoms with Crippen LogP contribution in [0.2, 0.25) is 5.02 Å². The van der Waals surface area contributed by atoms with E-state index in [0.29, 0.717) is 55.0 Å². The number of nitrogens with one attached hydrogen (secondary N) is 5. The number of carbonyl (C=O) groups excluding carboxylic acids is 5. The quantitative estimate of drug-likeness (QED) is 0.107. The summed E-state index contributed by atoms with van der Waals surface area (Å²) in [7, 11) is 0. The summed E-state index contributed by atoms with van der Waals surface area (Å²) in [5.74, 6) is -3.78. The van der Waals surface area contributed by atoms with Gasteiger partial charge < -0.3 is 41.3 Å². The zero-order valence-electron chi connectivity index (χ0n) is 30.3. The van der Waals surface area contributed by atoms with Crippen LogP contribution < -0.4 is 26.6 Å². The number of nitrogens with zero attached hydrogens (tertiary/aromatic N) is 5. The first-order valence-corrected chi connectivity index (χ1v) is 18.0. The first-order chi connectivity index (χ1) is 26.2. The highest BCUT2D eigenvalue weighted by Crippen LogP contribution is 2.41. The molecular formula is C37H41ClN10O7. The Hall–Kier alpha value is -6.07. The van der Waals surface area contributed by atoms with Crippen LogP contribution in [0.3, 0.4) is 0 Å². The first kappa shape index (κ1) is 38.6. The maximum Gasteiger partial charge on any atom is 0.356 e. The number of aliphatic hydroxyl groups is 1. The molecule has 1 aromatic heterocycles. The molecule has 1 saturated heterocycles. The molecule has 6 N–H and O–H groups in total. The minimum absolute atomic E-state index is 0.00596. The lowest BCUT2D eigenvalue weighted by Crippen LogP contribution is -2.66. The maximum atomic E-state index is 14.1. The van der Waals surface area contributed by atoms with Gasteiger partial charge in [-0.1, -0.05) is 41.9 Å². The van der Waals surface area contributed by atoms with Gasteiger partial charge in [0.2, 0.25) is 11.6 Å². The second kappa shape index (κ2) is 16.1. The van der Waals surface area contributed by atoms with Crippen molar-refractivity contribution in [2.75, 3.05) is 29.0 Å². The first-order valence-electron chi connectivity index (χ1n) is 17.6. The normalized spacial score (nSPS) is 18.1. The molecule has 0 spiro atoms. The minimum Gasteiger partial charge on any atom is -0.457 e. The van der Waals surface area contributed by atoms with Crippen LogP contribution in [-0.4, -0.2) is 90.4 Å². The van der Waals surface area contributed by atoms with Crippen molar-refractivity contribution in [3.05, 3.63) is 89.2 Å². The number of hydrogen-bond acceptors (Lipinski definition) is 11. The molecule has 0 bridgehead atoms. The molecule has 3 heterocycles. The van der Waals surface area contributed by atoms with Gasteiger partial charge in [0.25, 0.3) is 0 Å². The fraction of sp³-hybridized carbons (Fsp3) is 0.351. The van der Waals surface area contributed by atoms with E-state index in [9.17, 15) is 29.1 Å². The summed E-state index contributed by atoms with van der Waals surface area (Å²) < 4.78 is 7.04. The molecule has 2 atom stereocenters. The van der Waals surface area contributed by atoms with Gasteiger partial charge in [0.1, 0.15) is 18.0 Å². The summed E-state index contributed by atoms with van der Waals surface area (Å²) in [6.45, 7) is 5.90. The van der Waals surface area contributed by atoms with E-state index in [4.69, 9.17) is 16.3 Å². The van der Waals surface area contributed by atoms with Crippen LogP contribution in [-0.2, 0) is 30.3 Å². The van der Waals surface area contributed by atoms with Gasteiger partial charge in [-0.05, 0) is 92.4 Å². The number of aromatic nitrogens is 4. The number of rotatable bonds is 9. The molecule has 55 heavy (non-hydrogen) atoms. The third kappa shape index (κ3) is 9.18. The average Bonchev–Trinajstić information content (AvgIpc) is 3.78. The summed E-state index contributed by atoms with van der Waals surface area (Å²) in [6.07, 6.45) is 2.28. The summed E-state index contributed by atoms with van der Waals surface area (Å²) in [5, 5.41) is 34.9. The topological polar surface area (TPSA) is 222 Å². The molecule has 2 aliphatic rings. The minimum atomic E-state index is -2.15. The molecule has 288 valence electrons. The fourth-order valence-corrected chi connectivity index (χ4v) is 6.43. The highest BCUT2D eigenvalue weighted by Gasteiger charge is 2.56. The van der Waals surface area contributed by atoms with E-state index in [2.05, 4.69) is 42.1 Å². The van der Waals surface area contributed by atoms with Crippen molar-refractivity contribution < 1.29 is 33.8 Å². The van der Waals surface area contributed by atoms with Gasteiger partial charge in [-0.3, -0.25) is 14.4 Å². The Morgan fingerprint density at radius 3 is 2.40 bits per heavy atom. The maximum absolute atomic E-state index is 14.1. The smallest absolute Gasteiger partial charge is 0.356 e. The molecule has 17 nitrogen and oxygen atoms in total. The summed E-state index contributed by atoms with van der Waals surface area (Å²) in [4.78, 5) is 69.3. The third-order valence-corrected chi connectivity index (χ3v) is 9.22. The number of hydrogen-bond donors (Lipinski definition) is 6. The van der Waals surface area contributed by atoms with Gasteiger partial charge in [0.05, 0.1) is 17.5 Å². The highest BCUT2D eigenvalue weighted by atomic mass is 35.5. The SMILES string of the molecule is CC(C)(C)OC(=O)C1(NC(=O)C(=O)Nc2cc(Cl)ccc2-n2cnnn2)Nc2ccccc2C1NC(=O)CCc1ccc(NC(=O)N2CCC(O)CC2)cc1. The number of esters is 1. The largest absolute Gasteiger partial charge is 0.457 e. The molecule has 0 radical (unpaired) electrons. The Labute approximate surface area is 321 Å². The van der Waals surface area contributed by atoms with E-state index in [0.717, 1.165) is 5.56 Å². The van der Waals surface area contributed by atoms with Crippen LogP contribution >= 0.6 is 11.6 Å². The number of fused-ring (bicyclic) bond motifs is 1. The number of aliphatic hydroxyl groups excluding tert-OH is 1.